The minimum absolute atomic E-state index is 0.787. The molecule has 0 atom stereocenters. The monoisotopic (exact) mass is 275 g/mol. The molecule has 19 heavy (non-hydrogen) atoms. The molecule has 0 fully saturated rings. The number of thioether (sulfide) groups is 1. The van der Waals surface area contributed by atoms with Gasteiger partial charge < -0.3 is 11.1 Å². The molecule has 0 radical (unpaired) electrons. The topological polar surface area (TPSA) is 50.9 Å². The average molecular weight is 275 g/mol. The third-order valence-electron chi connectivity index (χ3n) is 3.16. The molecule has 0 aliphatic carbocycles. The van der Waals surface area contributed by atoms with E-state index in [1.165, 1.54) is 18.6 Å². The Kier molecular flexibility index (Phi) is 4.91. The minimum atomic E-state index is 0.787. The number of hydrogen-bond acceptors (Lipinski definition) is 4. The highest BCUT2D eigenvalue weighted by Gasteiger charge is 2.04. The van der Waals surface area contributed by atoms with Gasteiger partial charge in [-0.2, -0.15) is 11.8 Å². The van der Waals surface area contributed by atoms with Gasteiger partial charge in [0.05, 0.1) is 0 Å². The van der Waals surface area contributed by atoms with Crippen LogP contribution < -0.4 is 11.1 Å². The predicted molar refractivity (Wildman–Crippen MR) is 87.0 cm³/mol. The van der Waals surface area contributed by atoms with Gasteiger partial charge in [0.2, 0.25) is 0 Å². The predicted octanol–water partition coefficient (Wildman–Crippen LogP) is 3.68. The maximum atomic E-state index is 6.00. The molecule has 0 unspecified atom stereocenters. The van der Waals surface area contributed by atoms with Crippen molar-refractivity contribution in [1.29, 1.82) is 0 Å². The van der Waals surface area contributed by atoms with Gasteiger partial charge in [-0.25, -0.2) is 0 Å². The van der Waals surface area contributed by atoms with E-state index >= 15 is 0 Å². The maximum absolute atomic E-state index is 6.00. The van der Waals surface area contributed by atoms with Crippen LogP contribution in [0.3, 0.4) is 0 Å². The number of aromatic nitrogens is 1. The maximum Gasteiger partial charge on any atom is 0.0422 e. The molecule has 0 aliphatic rings. The Hall–Kier alpha value is -1.42. The van der Waals surface area contributed by atoms with Gasteiger partial charge in [-0.3, -0.25) is 4.98 Å². The largest absolute Gasteiger partial charge is 0.398 e. The first-order chi connectivity index (χ1) is 9.22. The van der Waals surface area contributed by atoms with E-state index in [0.29, 0.717) is 0 Å². The number of rotatable bonds is 6. The molecule has 0 aliphatic heterocycles. The zero-order valence-corrected chi connectivity index (χ0v) is 12.4. The Labute approximate surface area is 119 Å². The van der Waals surface area contributed by atoms with Crippen LogP contribution in [0.25, 0.3) is 10.8 Å². The molecule has 3 N–H and O–H groups in total. The smallest absolute Gasteiger partial charge is 0.0422 e. The van der Waals surface area contributed by atoms with Crippen molar-refractivity contribution >= 4 is 33.9 Å². The summed E-state index contributed by atoms with van der Waals surface area (Å²) < 4.78 is 0. The third-order valence-corrected chi connectivity index (χ3v) is 3.86. The summed E-state index contributed by atoms with van der Waals surface area (Å²) in [5.41, 5.74) is 8.96. The zero-order valence-electron chi connectivity index (χ0n) is 11.6. The highest BCUT2D eigenvalue weighted by molar-refractivity contribution is 7.98. The van der Waals surface area contributed by atoms with E-state index in [1.807, 2.05) is 30.9 Å². The number of anilines is 2. The Morgan fingerprint density at radius 3 is 2.89 bits per heavy atom. The van der Waals surface area contributed by atoms with E-state index < -0.39 is 0 Å². The standard InChI is InChI=1S/C15H21N3S/c1-11-9-12-13(10-18-11)14(16)5-6-15(12)17-7-3-4-8-19-2/h5-6,9-10,17H,3-4,7-8,16H2,1-2H3. The van der Waals surface area contributed by atoms with E-state index in [4.69, 9.17) is 5.73 Å². The molecule has 1 aromatic heterocycles. The van der Waals surface area contributed by atoms with Crippen LogP contribution in [0.15, 0.2) is 24.4 Å². The number of hydrogen-bond donors (Lipinski definition) is 2. The van der Waals surface area contributed by atoms with Crippen LogP contribution in [0.1, 0.15) is 18.5 Å². The number of fused-ring (bicyclic) bond motifs is 1. The second-order valence-corrected chi connectivity index (χ2v) is 5.69. The molecule has 0 spiro atoms. The van der Waals surface area contributed by atoms with Crippen LogP contribution in [0, 0.1) is 6.92 Å². The van der Waals surface area contributed by atoms with Gasteiger partial charge in [0.25, 0.3) is 0 Å². The molecule has 2 aromatic rings. The van der Waals surface area contributed by atoms with Crippen molar-refractivity contribution in [3.63, 3.8) is 0 Å². The Morgan fingerprint density at radius 1 is 1.26 bits per heavy atom. The van der Waals surface area contributed by atoms with Crippen molar-refractivity contribution < 1.29 is 0 Å². The number of unbranched alkanes of at least 4 members (excludes halogenated alkanes) is 1. The van der Waals surface area contributed by atoms with Gasteiger partial charge in [0, 0.05) is 40.6 Å². The summed E-state index contributed by atoms with van der Waals surface area (Å²) in [6.45, 7) is 3.01. The van der Waals surface area contributed by atoms with Gasteiger partial charge in [0.1, 0.15) is 0 Å². The van der Waals surface area contributed by atoms with Crippen molar-refractivity contribution in [1.82, 2.24) is 4.98 Å². The lowest BCUT2D eigenvalue weighted by Crippen LogP contribution is -2.03. The van der Waals surface area contributed by atoms with Crippen molar-refractivity contribution in [3.05, 3.63) is 30.1 Å². The number of nitrogens with zero attached hydrogens (tertiary/aromatic N) is 1. The van der Waals surface area contributed by atoms with Crippen molar-refractivity contribution in [2.45, 2.75) is 19.8 Å². The summed E-state index contributed by atoms with van der Waals surface area (Å²) in [5, 5.41) is 5.70. The number of nitrogen functional groups attached to an aromatic ring is 1. The molecule has 3 nitrogen and oxygen atoms in total. The van der Waals surface area contributed by atoms with Gasteiger partial charge in [-0.1, -0.05) is 0 Å². The summed E-state index contributed by atoms with van der Waals surface area (Å²) in [5.74, 6) is 1.23. The Balaban J connectivity index is 2.14. The molecule has 102 valence electrons. The highest BCUT2D eigenvalue weighted by atomic mass is 32.2. The molecule has 0 saturated carbocycles. The summed E-state index contributed by atoms with van der Waals surface area (Å²) in [7, 11) is 0. The van der Waals surface area contributed by atoms with Gasteiger partial charge in [-0.15, -0.1) is 0 Å². The Bertz CT molecular complexity index is 554. The minimum Gasteiger partial charge on any atom is -0.398 e. The lowest BCUT2D eigenvalue weighted by Gasteiger charge is -2.11. The number of pyridine rings is 1. The molecule has 2 rings (SSSR count). The molecule has 0 saturated heterocycles. The summed E-state index contributed by atoms with van der Waals surface area (Å²) >= 11 is 1.90. The number of aryl methyl sites for hydroxylation is 1. The average Bonchev–Trinajstić information content (AvgIpc) is 2.41. The van der Waals surface area contributed by atoms with Crippen molar-refractivity contribution in [2.75, 3.05) is 29.6 Å². The van der Waals surface area contributed by atoms with Crippen LogP contribution in [0.4, 0.5) is 11.4 Å². The van der Waals surface area contributed by atoms with Crippen LogP contribution in [0.2, 0.25) is 0 Å². The van der Waals surface area contributed by atoms with E-state index in [0.717, 1.165) is 34.4 Å². The fourth-order valence-electron chi connectivity index (χ4n) is 2.11. The van der Waals surface area contributed by atoms with Crippen LogP contribution in [-0.4, -0.2) is 23.5 Å². The highest BCUT2D eigenvalue weighted by Crippen LogP contribution is 2.28. The second-order valence-electron chi connectivity index (χ2n) is 4.70. The van der Waals surface area contributed by atoms with Gasteiger partial charge >= 0.3 is 0 Å². The van der Waals surface area contributed by atoms with Gasteiger partial charge in [-0.05, 0) is 50.0 Å². The molecule has 1 aromatic carbocycles. The van der Waals surface area contributed by atoms with Gasteiger partial charge in [0.15, 0.2) is 0 Å². The summed E-state index contributed by atoms with van der Waals surface area (Å²) in [4.78, 5) is 4.32. The van der Waals surface area contributed by atoms with Crippen LogP contribution in [-0.2, 0) is 0 Å². The normalized spacial score (nSPS) is 10.8. The lowest BCUT2D eigenvalue weighted by molar-refractivity contribution is 0.844. The van der Waals surface area contributed by atoms with E-state index in [-0.39, 0.29) is 0 Å². The molecule has 1 heterocycles. The first-order valence-electron chi connectivity index (χ1n) is 6.60. The molecular formula is C15H21N3S. The number of nitrogens with one attached hydrogen (secondary N) is 1. The zero-order chi connectivity index (χ0) is 13.7. The Morgan fingerprint density at radius 2 is 2.11 bits per heavy atom. The number of nitrogens with two attached hydrogens (primary N) is 1. The third kappa shape index (κ3) is 3.53. The molecule has 0 bridgehead atoms. The first kappa shape index (κ1) is 14.0. The quantitative estimate of drug-likeness (QED) is 0.623. The fraction of sp³-hybridized carbons (Fsp3) is 0.400. The number of benzene rings is 1. The lowest BCUT2D eigenvalue weighted by atomic mass is 10.1. The second kappa shape index (κ2) is 6.66. The van der Waals surface area contributed by atoms with E-state index in [2.05, 4.69) is 28.7 Å². The van der Waals surface area contributed by atoms with E-state index in [9.17, 15) is 0 Å². The van der Waals surface area contributed by atoms with Crippen molar-refractivity contribution in [3.8, 4) is 0 Å². The molecular weight excluding hydrogens is 254 g/mol. The molecule has 4 heteroatoms. The summed E-state index contributed by atoms with van der Waals surface area (Å²) in [6.07, 6.45) is 6.45. The first-order valence-corrected chi connectivity index (χ1v) is 7.99. The van der Waals surface area contributed by atoms with E-state index in [1.54, 1.807) is 0 Å². The molecule has 0 amide bonds. The SMILES string of the molecule is CSCCCCNc1ccc(N)c2cnc(C)cc12. The van der Waals surface area contributed by atoms with Crippen LogP contribution in [0.5, 0.6) is 0 Å². The van der Waals surface area contributed by atoms with Crippen molar-refractivity contribution in [2.24, 2.45) is 0 Å². The summed E-state index contributed by atoms with van der Waals surface area (Å²) in [6, 6.07) is 6.10. The van der Waals surface area contributed by atoms with Crippen LogP contribution >= 0.6 is 11.8 Å². The fourth-order valence-corrected chi connectivity index (χ4v) is 2.61.